The Bertz CT molecular complexity index is 327. The quantitative estimate of drug-likeness (QED) is 0.814. The normalized spacial score (nSPS) is 15.2. The number of hydrogen-bond donors (Lipinski definition) is 1. The molecule has 0 aliphatic carbocycles. The van der Waals surface area contributed by atoms with Gasteiger partial charge in [0.2, 0.25) is 0 Å². The molecule has 0 saturated carbocycles. The fourth-order valence-electron chi connectivity index (χ4n) is 1.91. The SMILES string of the molecule is CCc1ccc(C(CN)N(C)C(C)CSC)o1. The molecular formula is C13H24N2OS. The maximum Gasteiger partial charge on any atom is 0.122 e. The van der Waals surface area contributed by atoms with Crippen molar-refractivity contribution in [3.8, 4) is 0 Å². The number of furan rings is 1. The highest BCUT2D eigenvalue weighted by molar-refractivity contribution is 7.98. The highest BCUT2D eigenvalue weighted by Crippen LogP contribution is 2.23. The number of likely N-dealkylation sites (N-methyl/N-ethyl adjacent to an activating group) is 1. The van der Waals surface area contributed by atoms with Crippen molar-refractivity contribution in [1.29, 1.82) is 0 Å². The van der Waals surface area contributed by atoms with E-state index in [0.29, 0.717) is 12.6 Å². The van der Waals surface area contributed by atoms with Crippen LogP contribution in [0.5, 0.6) is 0 Å². The molecule has 1 rings (SSSR count). The molecule has 2 atom stereocenters. The third-order valence-electron chi connectivity index (χ3n) is 3.18. The molecule has 0 aromatic carbocycles. The van der Waals surface area contributed by atoms with Gasteiger partial charge in [0.15, 0.2) is 0 Å². The van der Waals surface area contributed by atoms with Crippen molar-refractivity contribution in [2.45, 2.75) is 32.4 Å². The van der Waals surface area contributed by atoms with Gasteiger partial charge in [0.1, 0.15) is 11.5 Å². The molecule has 0 amide bonds. The molecule has 0 aliphatic heterocycles. The van der Waals surface area contributed by atoms with Gasteiger partial charge in [0, 0.05) is 24.8 Å². The molecule has 2 unspecified atom stereocenters. The smallest absolute Gasteiger partial charge is 0.122 e. The van der Waals surface area contributed by atoms with Gasteiger partial charge in [0.25, 0.3) is 0 Å². The molecule has 1 aromatic heterocycles. The van der Waals surface area contributed by atoms with Crippen molar-refractivity contribution >= 4 is 11.8 Å². The van der Waals surface area contributed by atoms with Crippen molar-refractivity contribution < 1.29 is 4.42 Å². The predicted molar refractivity (Wildman–Crippen MR) is 75.5 cm³/mol. The third kappa shape index (κ3) is 3.76. The predicted octanol–water partition coefficient (Wildman–Crippen LogP) is 2.53. The molecule has 0 spiro atoms. The van der Waals surface area contributed by atoms with E-state index in [1.165, 1.54) is 0 Å². The van der Waals surface area contributed by atoms with E-state index in [-0.39, 0.29) is 6.04 Å². The van der Waals surface area contributed by atoms with Gasteiger partial charge >= 0.3 is 0 Å². The zero-order valence-corrected chi connectivity index (χ0v) is 12.1. The van der Waals surface area contributed by atoms with Crippen molar-refractivity contribution in [3.05, 3.63) is 23.7 Å². The molecule has 0 radical (unpaired) electrons. The zero-order valence-electron chi connectivity index (χ0n) is 11.3. The van der Waals surface area contributed by atoms with E-state index in [4.69, 9.17) is 10.2 Å². The lowest BCUT2D eigenvalue weighted by Gasteiger charge is -2.30. The van der Waals surface area contributed by atoms with Gasteiger partial charge in [-0.25, -0.2) is 0 Å². The topological polar surface area (TPSA) is 42.4 Å². The average molecular weight is 256 g/mol. The Balaban J connectivity index is 2.76. The van der Waals surface area contributed by atoms with Gasteiger partial charge in [-0.1, -0.05) is 6.92 Å². The van der Waals surface area contributed by atoms with Crippen LogP contribution in [0.25, 0.3) is 0 Å². The van der Waals surface area contributed by atoms with Crippen LogP contribution in [0.1, 0.15) is 31.4 Å². The largest absolute Gasteiger partial charge is 0.464 e. The van der Waals surface area contributed by atoms with Crippen molar-refractivity contribution in [2.75, 3.05) is 25.6 Å². The van der Waals surface area contributed by atoms with Crippen LogP contribution in [0, 0.1) is 0 Å². The molecule has 17 heavy (non-hydrogen) atoms. The summed E-state index contributed by atoms with van der Waals surface area (Å²) in [5.74, 6) is 3.12. The van der Waals surface area contributed by atoms with E-state index in [0.717, 1.165) is 23.7 Å². The summed E-state index contributed by atoms with van der Waals surface area (Å²) in [6, 6.07) is 4.77. The van der Waals surface area contributed by atoms with Gasteiger partial charge < -0.3 is 10.2 Å². The molecule has 98 valence electrons. The van der Waals surface area contributed by atoms with Gasteiger partial charge in [-0.15, -0.1) is 0 Å². The Morgan fingerprint density at radius 1 is 1.47 bits per heavy atom. The lowest BCUT2D eigenvalue weighted by molar-refractivity contribution is 0.179. The third-order valence-corrected chi connectivity index (χ3v) is 3.99. The highest BCUT2D eigenvalue weighted by Gasteiger charge is 2.22. The van der Waals surface area contributed by atoms with E-state index in [1.54, 1.807) is 0 Å². The van der Waals surface area contributed by atoms with Gasteiger partial charge in [0.05, 0.1) is 6.04 Å². The van der Waals surface area contributed by atoms with Crippen LogP contribution < -0.4 is 5.73 Å². The second-order valence-electron chi connectivity index (χ2n) is 4.38. The number of hydrogen-bond acceptors (Lipinski definition) is 4. The fourth-order valence-corrected chi connectivity index (χ4v) is 2.63. The molecule has 1 aromatic rings. The summed E-state index contributed by atoms with van der Waals surface area (Å²) in [4.78, 5) is 2.30. The summed E-state index contributed by atoms with van der Waals surface area (Å²) < 4.78 is 5.81. The summed E-state index contributed by atoms with van der Waals surface area (Å²) in [7, 11) is 2.12. The number of rotatable bonds is 7. The highest BCUT2D eigenvalue weighted by atomic mass is 32.2. The van der Waals surface area contributed by atoms with Gasteiger partial charge in [-0.3, -0.25) is 4.90 Å². The minimum absolute atomic E-state index is 0.178. The van der Waals surface area contributed by atoms with Crippen molar-refractivity contribution in [3.63, 3.8) is 0 Å². The van der Waals surface area contributed by atoms with Crippen LogP contribution in [0.2, 0.25) is 0 Å². The molecule has 0 bridgehead atoms. The Hall–Kier alpha value is -0.450. The summed E-state index contributed by atoms with van der Waals surface area (Å²) in [5.41, 5.74) is 5.88. The monoisotopic (exact) mass is 256 g/mol. The van der Waals surface area contributed by atoms with Crippen LogP contribution in [-0.4, -0.2) is 36.5 Å². The second-order valence-corrected chi connectivity index (χ2v) is 5.29. The first-order valence-corrected chi connectivity index (χ1v) is 7.52. The first kappa shape index (κ1) is 14.6. The molecule has 0 saturated heterocycles. The minimum Gasteiger partial charge on any atom is -0.464 e. The van der Waals surface area contributed by atoms with Crippen LogP contribution in [-0.2, 0) is 6.42 Å². The Morgan fingerprint density at radius 3 is 2.65 bits per heavy atom. The van der Waals surface area contributed by atoms with E-state index in [1.807, 2.05) is 17.8 Å². The Morgan fingerprint density at radius 2 is 2.18 bits per heavy atom. The molecule has 1 heterocycles. The molecular weight excluding hydrogens is 232 g/mol. The molecule has 3 nitrogen and oxygen atoms in total. The van der Waals surface area contributed by atoms with E-state index < -0.39 is 0 Å². The molecule has 4 heteroatoms. The van der Waals surface area contributed by atoms with Crippen LogP contribution >= 0.6 is 11.8 Å². The molecule has 0 aliphatic rings. The standard InChI is InChI=1S/C13H24N2OS/c1-5-11-6-7-13(16-11)12(8-14)15(3)10(2)9-17-4/h6-7,10,12H,5,8-9,14H2,1-4H3. The molecule has 2 N–H and O–H groups in total. The summed E-state index contributed by atoms with van der Waals surface area (Å²) in [6.07, 6.45) is 3.06. The maximum atomic E-state index is 5.88. The maximum absolute atomic E-state index is 5.88. The van der Waals surface area contributed by atoms with E-state index in [9.17, 15) is 0 Å². The van der Waals surface area contributed by atoms with Gasteiger partial charge in [-0.05, 0) is 32.4 Å². The Kier molecular flexibility index (Phi) is 6.09. The van der Waals surface area contributed by atoms with Gasteiger partial charge in [-0.2, -0.15) is 11.8 Å². The number of aryl methyl sites for hydroxylation is 1. The van der Waals surface area contributed by atoms with E-state index in [2.05, 4.69) is 38.1 Å². The summed E-state index contributed by atoms with van der Waals surface area (Å²) >= 11 is 1.86. The molecule has 0 fully saturated rings. The van der Waals surface area contributed by atoms with Crippen LogP contribution in [0.15, 0.2) is 16.5 Å². The fraction of sp³-hybridized carbons (Fsp3) is 0.692. The Labute approximate surface area is 109 Å². The van der Waals surface area contributed by atoms with Crippen molar-refractivity contribution in [1.82, 2.24) is 4.90 Å². The van der Waals surface area contributed by atoms with Crippen molar-refractivity contribution in [2.24, 2.45) is 5.73 Å². The van der Waals surface area contributed by atoms with Crippen LogP contribution in [0.4, 0.5) is 0 Å². The van der Waals surface area contributed by atoms with E-state index >= 15 is 0 Å². The van der Waals surface area contributed by atoms with Crippen LogP contribution in [0.3, 0.4) is 0 Å². The average Bonchev–Trinajstić information content (AvgIpc) is 2.79. The first-order chi connectivity index (χ1) is 8.13. The lowest BCUT2D eigenvalue weighted by atomic mass is 10.1. The first-order valence-electron chi connectivity index (χ1n) is 6.13. The number of nitrogens with two attached hydrogens (primary N) is 1. The summed E-state index contributed by atoms with van der Waals surface area (Å²) in [5, 5.41) is 0. The number of thioether (sulfide) groups is 1. The second kappa shape index (κ2) is 7.09. The minimum atomic E-state index is 0.178. The number of nitrogens with zero attached hydrogens (tertiary/aromatic N) is 1. The zero-order chi connectivity index (χ0) is 12.8. The summed E-state index contributed by atoms with van der Waals surface area (Å²) in [6.45, 7) is 4.91. The lowest BCUT2D eigenvalue weighted by Crippen LogP contribution is -2.38.